The van der Waals surface area contributed by atoms with Gasteiger partial charge in [-0.2, -0.15) is 0 Å². The molecule has 388 valence electrons. The van der Waals surface area contributed by atoms with E-state index < -0.39 is 12.1 Å². The van der Waals surface area contributed by atoms with Crippen molar-refractivity contribution >= 4 is 11.9 Å². The van der Waals surface area contributed by atoms with Crippen LogP contribution in [-0.2, 0) is 19.1 Å². The molecule has 0 spiro atoms. The van der Waals surface area contributed by atoms with Gasteiger partial charge in [0.1, 0.15) is 6.61 Å². The number of esters is 2. The van der Waals surface area contributed by atoms with Crippen molar-refractivity contribution in [3.05, 3.63) is 182 Å². The van der Waals surface area contributed by atoms with Crippen LogP contribution in [0.1, 0.15) is 194 Å². The average molecular weight is 959 g/mol. The van der Waals surface area contributed by atoms with E-state index in [2.05, 4.69) is 184 Å². The number of hydrogen-bond acceptors (Lipinski definition) is 5. The summed E-state index contributed by atoms with van der Waals surface area (Å²) in [6.45, 7) is 3.79. The Morgan fingerprint density at radius 1 is 0.343 bits per heavy atom. The van der Waals surface area contributed by atoms with E-state index in [1.54, 1.807) is 6.08 Å². The molecule has 1 N–H and O–H groups in total. The molecular formula is C65H98O5. The molecule has 70 heavy (non-hydrogen) atoms. The lowest BCUT2D eigenvalue weighted by Crippen LogP contribution is -2.28. The van der Waals surface area contributed by atoms with Gasteiger partial charge in [0.25, 0.3) is 0 Å². The third-order valence-electron chi connectivity index (χ3n) is 10.7. The Bertz CT molecular complexity index is 1650. The highest BCUT2D eigenvalue weighted by Crippen LogP contribution is 2.13. The summed E-state index contributed by atoms with van der Waals surface area (Å²) >= 11 is 0. The number of carbonyl (C=O) groups excluding carboxylic acids is 2. The first-order valence-electron chi connectivity index (χ1n) is 27.3. The van der Waals surface area contributed by atoms with Crippen LogP contribution < -0.4 is 0 Å². The van der Waals surface area contributed by atoms with Crippen molar-refractivity contribution in [1.29, 1.82) is 0 Å². The average Bonchev–Trinajstić information content (AvgIpc) is 3.36. The maximum absolute atomic E-state index is 12.3. The minimum atomic E-state index is -0.827. The van der Waals surface area contributed by atoms with E-state index in [0.717, 1.165) is 122 Å². The van der Waals surface area contributed by atoms with Crippen LogP contribution in [0.5, 0.6) is 0 Å². The molecule has 1 atom stereocenters. The molecule has 0 aromatic heterocycles. The maximum Gasteiger partial charge on any atom is 0.309 e. The molecule has 5 nitrogen and oxygen atoms in total. The molecule has 0 fully saturated rings. The lowest BCUT2D eigenvalue weighted by molar-refractivity contribution is -0.161. The fourth-order valence-corrected chi connectivity index (χ4v) is 6.71. The van der Waals surface area contributed by atoms with E-state index >= 15 is 0 Å². The zero-order chi connectivity index (χ0) is 50.6. The Morgan fingerprint density at radius 3 is 0.929 bits per heavy atom. The molecule has 5 heteroatoms. The lowest BCUT2D eigenvalue weighted by Gasteiger charge is -2.15. The lowest BCUT2D eigenvalue weighted by atomic mass is 10.0. The van der Waals surface area contributed by atoms with Gasteiger partial charge in [0.15, 0.2) is 6.10 Å². The first kappa shape index (κ1) is 65.0. The Labute approximate surface area is 429 Å². The number of hydrogen-bond donors (Lipinski definition) is 1. The molecule has 0 aromatic carbocycles. The van der Waals surface area contributed by atoms with Crippen molar-refractivity contribution in [3.63, 3.8) is 0 Å². The summed E-state index contributed by atoms with van der Waals surface area (Å²) in [6, 6.07) is 0. The molecule has 0 aliphatic carbocycles. The number of ether oxygens (including phenoxy) is 2. The first-order valence-corrected chi connectivity index (χ1v) is 27.3. The van der Waals surface area contributed by atoms with E-state index in [1.807, 2.05) is 6.08 Å². The third kappa shape index (κ3) is 55.6. The summed E-state index contributed by atoms with van der Waals surface area (Å²) in [5, 5.41) is 9.60. The normalized spacial score (nSPS) is 13.7. The van der Waals surface area contributed by atoms with Gasteiger partial charge in [0, 0.05) is 6.42 Å². The molecule has 0 radical (unpaired) electrons. The van der Waals surface area contributed by atoms with Gasteiger partial charge in [-0.05, 0) is 116 Å². The van der Waals surface area contributed by atoms with Crippen LogP contribution in [0, 0.1) is 0 Å². The van der Waals surface area contributed by atoms with Crippen molar-refractivity contribution in [2.75, 3.05) is 13.2 Å². The fraction of sp³-hybridized carbons (Fsp3) is 0.508. The quantitative estimate of drug-likeness (QED) is 0.0374. The highest BCUT2D eigenvalue weighted by molar-refractivity contribution is 5.71. The summed E-state index contributed by atoms with van der Waals surface area (Å²) in [6.07, 6.45) is 93.1. The van der Waals surface area contributed by atoms with E-state index in [0.29, 0.717) is 6.42 Å². The number of carbonyl (C=O) groups is 2. The van der Waals surface area contributed by atoms with Gasteiger partial charge in [0.2, 0.25) is 0 Å². The van der Waals surface area contributed by atoms with Crippen LogP contribution in [-0.4, -0.2) is 36.4 Å². The number of allylic oxidation sites excluding steroid dienone is 29. The Balaban J connectivity index is 3.66. The van der Waals surface area contributed by atoms with Crippen molar-refractivity contribution in [1.82, 2.24) is 0 Å². The molecule has 0 aromatic rings. The van der Waals surface area contributed by atoms with Gasteiger partial charge >= 0.3 is 11.9 Å². The highest BCUT2D eigenvalue weighted by Gasteiger charge is 2.15. The minimum Gasteiger partial charge on any atom is -0.461 e. The zero-order valence-corrected chi connectivity index (χ0v) is 44.2. The van der Waals surface area contributed by atoms with E-state index in [9.17, 15) is 14.7 Å². The van der Waals surface area contributed by atoms with E-state index in [-0.39, 0.29) is 25.6 Å². The summed E-state index contributed by atoms with van der Waals surface area (Å²) in [5.41, 5.74) is 0. The Kier molecular flexibility index (Phi) is 54.1. The van der Waals surface area contributed by atoms with Crippen LogP contribution in [0.25, 0.3) is 0 Å². The maximum atomic E-state index is 12.3. The third-order valence-corrected chi connectivity index (χ3v) is 10.7. The predicted molar refractivity (Wildman–Crippen MR) is 306 cm³/mol. The van der Waals surface area contributed by atoms with Crippen LogP contribution in [0.4, 0.5) is 0 Å². The van der Waals surface area contributed by atoms with Gasteiger partial charge in [-0.3, -0.25) is 9.59 Å². The molecule has 0 aliphatic rings. The van der Waals surface area contributed by atoms with Gasteiger partial charge in [0.05, 0.1) is 13.0 Å². The van der Waals surface area contributed by atoms with Crippen molar-refractivity contribution in [2.24, 2.45) is 0 Å². The monoisotopic (exact) mass is 959 g/mol. The molecule has 0 bridgehead atoms. The number of aliphatic hydroxyl groups is 1. The molecule has 0 saturated heterocycles. The SMILES string of the molecule is CC/C=C\C/C=C\C/C=C\C/C=C\C/C=C\C/C=C\C/C=C\C/C=C\C/C=C\C/C=C\CCCCCCCCCCCCC(=O)OC(CO)COC(=O)C/C=C\C/C=C\C/C=C\C/C=C\C/C=C\CC. The second kappa shape index (κ2) is 58.3. The zero-order valence-electron chi connectivity index (χ0n) is 44.2. The molecule has 0 saturated carbocycles. The smallest absolute Gasteiger partial charge is 0.309 e. The summed E-state index contributed by atoms with van der Waals surface area (Å²) in [7, 11) is 0. The van der Waals surface area contributed by atoms with Crippen molar-refractivity contribution < 1.29 is 24.2 Å². The molecule has 0 rings (SSSR count). The van der Waals surface area contributed by atoms with Gasteiger partial charge in [-0.15, -0.1) is 0 Å². The molecule has 0 aliphatic heterocycles. The Morgan fingerprint density at radius 2 is 0.614 bits per heavy atom. The summed E-state index contributed by atoms with van der Waals surface area (Å²) < 4.78 is 10.6. The number of rotatable bonds is 47. The van der Waals surface area contributed by atoms with Gasteiger partial charge in [-0.25, -0.2) is 0 Å². The molecule has 0 heterocycles. The number of unbranched alkanes of at least 4 members (excludes halogenated alkanes) is 10. The van der Waals surface area contributed by atoms with E-state index in [1.165, 1.54) is 44.9 Å². The topological polar surface area (TPSA) is 72.8 Å². The minimum absolute atomic E-state index is 0.133. The van der Waals surface area contributed by atoms with Crippen LogP contribution >= 0.6 is 0 Å². The number of aliphatic hydroxyl groups excluding tert-OH is 1. The second-order valence-electron chi connectivity index (χ2n) is 17.2. The second-order valence-corrected chi connectivity index (χ2v) is 17.2. The van der Waals surface area contributed by atoms with Crippen molar-refractivity contribution in [2.45, 2.75) is 200 Å². The van der Waals surface area contributed by atoms with E-state index in [4.69, 9.17) is 9.47 Å². The fourth-order valence-electron chi connectivity index (χ4n) is 6.71. The molecule has 0 amide bonds. The summed E-state index contributed by atoms with van der Waals surface area (Å²) in [5.74, 6) is -0.758. The Hall–Kier alpha value is -5.00. The van der Waals surface area contributed by atoms with Gasteiger partial charge in [-0.1, -0.05) is 247 Å². The van der Waals surface area contributed by atoms with Gasteiger partial charge < -0.3 is 14.6 Å². The van der Waals surface area contributed by atoms with Crippen LogP contribution in [0.15, 0.2) is 182 Å². The first-order chi connectivity index (χ1) is 34.6. The van der Waals surface area contributed by atoms with Crippen LogP contribution in [0.3, 0.4) is 0 Å². The predicted octanol–water partition coefficient (Wildman–Crippen LogP) is 18.7. The molecule has 1 unspecified atom stereocenters. The standard InChI is InChI=1S/C65H98O5/c1-3-5-7-9-11-13-15-17-19-20-21-22-23-24-25-26-27-28-29-30-31-32-33-34-35-36-37-38-39-40-41-42-43-44-46-48-50-52-54-56-58-60-65(68)70-63(61-66)62-69-64(67)59-57-55-53-51-49-47-45-18-16-14-12-10-8-6-4-2/h5-8,11-14,17-19,21-22,24-25,27-28,30-31,33-34,36-37,39-40,45,49,51,55,57,63,66H,3-4,9-10,15-16,20,23,26,29,32,35,38,41-44,46-48,50,52-54,56,58-62H2,1-2H3/b7-5-,8-6-,13-11-,14-12-,19-17-,22-21-,25-24-,28-27-,31-30-,34-33-,37-36-,40-39-,45-18-,51-49-,57-55-. The highest BCUT2D eigenvalue weighted by atomic mass is 16.6. The largest absolute Gasteiger partial charge is 0.461 e. The summed E-state index contributed by atoms with van der Waals surface area (Å²) in [4.78, 5) is 24.4. The van der Waals surface area contributed by atoms with Crippen LogP contribution in [0.2, 0.25) is 0 Å². The molecular weight excluding hydrogens is 861 g/mol. The van der Waals surface area contributed by atoms with Crippen molar-refractivity contribution in [3.8, 4) is 0 Å².